The minimum atomic E-state index is 0.229. The summed E-state index contributed by atoms with van der Waals surface area (Å²) in [5.41, 5.74) is 3.15. The number of unbranched alkanes of at least 4 members (excludes halogenated alkanes) is 2. The molecule has 0 saturated heterocycles. The zero-order chi connectivity index (χ0) is 16.2. The summed E-state index contributed by atoms with van der Waals surface area (Å²) < 4.78 is 11.3. The standard InChI is InChI=1S/C18H22ClNO3/c1-22-16-10-13-15(11-17(16)23-9-4-2-3-8-21)20-14-7-5-6-12(14)18(13)19/h10-11,21H,2-9H2,1H3. The van der Waals surface area contributed by atoms with E-state index in [9.17, 15) is 0 Å². The summed E-state index contributed by atoms with van der Waals surface area (Å²) >= 11 is 6.57. The molecule has 23 heavy (non-hydrogen) atoms. The number of hydrogen-bond donors (Lipinski definition) is 1. The van der Waals surface area contributed by atoms with Crippen LogP contribution in [0, 0.1) is 0 Å². The Bertz CT molecular complexity index is 702. The van der Waals surface area contributed by atoms with Gasteiger partial charge in [-0.25, -0.2) is 0 Å². The van der Waals surface area contributed by atoms with Gasteiger partial charge >= 0.3 is 0 Å². The van der Waals surface area contributed by atoms with Gasteiger partial charge in [0.15, 0.2) is 11.5 Å². The Hall–Kier alpha value is -1.52. The first-order chi connectivity index (χ1) is 11.2. The van der Waals surface area contributed by atoms with E-state index in [4.69, 9.17) is 31.2 Å². The van der Waals surface area contributed by atoms with Crippen molar-refractivity contribution in [2.45, 2.75) is 38.5 Å². The molecule has 0 aliphatic heterocycles. The number of aromatic nitrogens is 1. The van der Waals surface area contributed by atoms with Crippen LogP contribution in [0.25, 0.3) is 10.9 Å². The number of halogens is 1. The van der Waals surface area contributed by atoms with E-state index in [1.807, 2.05) is 12.1 Å². The van der Waals surface area contributed by atoms with E-state index in [-0.39, 0.29) is 6.61 Å². The Morgan fingerprint density at radius 3 is 2.83 bits per heavy atom. The molecule has 0 bridgehead atoms. The summed E-state index contributed by atoms with van der Waals surface area (Å²) in [7, 11) is 1.63. The van der Waals surface area contributed by atoms with E-state index in [2.05, 4.69) is 0 Å². The van der Waals surface area contributed by atoms with Gasteiger partial charge in [-0.3, -0.25) is 4.98 Å². The minimum Gasteiger partial charge on any atom is -0.493 e. The maximum absolute atomic E-state index is 8.80. The maximum Gasteiger partial charge on any atom is 0.163 e. The van der Waals surface area contributed by atoms with Gasteiger partial charge in [0.2, 0.25) is 0 Å². The van der Waals surface area contributed by atoms with Crippen molar-refractivity contribution < 1.29 is 14.6 Å². The van der Waals surface area contributed by atoms with E-state index in [1.54, 1.807) is 7.11 Å². The topological polar surface area (TPSA) is 51.6 Å². The SMILES string of the molecule is COc1cc2c(Cl)c3c(nc2cc1OCCCCCO)CCC3. The molecule has 0 saturated carbocycles. The summed E-state index contributed by atoms with van der Waals surface area (Å²) in [6, 6.07) is 3.84. The van der Waals surface area contributed by atoms with Crippen molar-refractivity contribution in [1.29, 1.82) is 0 Å². The van der Waals surface area contributed by atoms with Gasteiger partial charge in [0.05, 0.1) is 24.3 Å². The number of nitrogens with zero attached hydrogens (tertiary/aromatic N) is 1. The third kappa shape index (κ3) is 3.38. The van der Waals surface area contributed by atoms with Crippen molar-refractivity contribution >= 4 is 22.5 Å². The molecule has 5 heteroatoms. The Kier molecular flexibility index (Phi) is 5.23. The number of aliphatic hydroxyl groups excluding tert-OH is 1. The molecule has 124 valence electrons. The molecule has 1 aromatic carbocycles. The average molecular weight is 336 g/mol. The number of benzene rings is 1. The van der Waals surface area contributed by atoms with Crippen LogP contribution >= 0.6 is 11.6 Å². The highest BCUT2D eigenvalue weighted by Crippen LogP contribution is 2.39. The molecule has 1 aromatic heterocycles. The fourth-order valence-corrected chi connectivity index (χ4v) is 3.41. The molecule has 0 amide bonds. The third-order valence-electron chi connectivity index (χ3n) is 4.29. The largest absolute Gasteiger partial charge is 0.493 e. The first kappa shape index (κ1) is 16.3. The predicted molar refractivity (Wildman–Crippen MR) is 91.8 cm³/mol. The number of aliphatic hydroxyl groups is 1. The van der Waals surface area contributed by atoms with Gasteiger partial charge in [-0.2, -0.15) is 0 Å². The smallest absolute Gasteiger partial charge is 0.163 e. The highest BCUT2D eigenvalue weighted by molar-refractivity contribution is 6.36. The molecule has 0 fully saturated rings. The van der Waals surface area contributed by atoms with Crippen molar-refractivity contribution in [2.24, 2.45) is 0 Å². The van der Waals surface area contributed by atoms with Crippen molar-refractivity contribution in [3.63, 3.8) is 0 Å². The molecule has 3 rings (SSSR count). The van der Waals surface area contributed by atoms with Crippen LogP contribution in [-0.4, -0.2) is 30.4 Å². The molecule has 0 spiro atoms. The lowest BCUT2D eigenvalue weighted by molar-refractivity contribution is 0.260. The van der Waals surface area contributed by atoms with E-state index in [0.29, 0.717) is 18.1 Å². The van der Waals surface area contributed by atoms with Crippen molar-refractivity contribution in [3.05, 3.63) is 28.4 Å². The highest BCUT2D eigenvalue weighted by atomic mass is 35.5. The van der Waals surface area contributed by atoms with Gasteiger partial charge in [0.25, 0.3) is 0 Å². The second-order valence-electron chi connectivity index (χ2n) is 5.86. The summed E-state index contributed by atoms with van der Waals surface area (Å²) in [4.78, 5) is 4.76. The van der Waals surface area contributed by atoms with Crippen LogP contribution in [0.4, 0.5) is 0 Å². The molecule has 1 aliphatic carbocycles. The molecule has 0 radical (unpaired) electrons. The van der Waals surface area contributed by atoms with Gasteiger partial charge in [-0.05, 0) is 50.2 Å². The van der Waals surface area contributed by atoms with Crippen molar-refractivity contribution in [1.82, 2.24) is 4.98 Å². The lowest BCUT2D eigenvalue weighted by Gasteiger charge is -2.14. The lowest BCUT2D eigenvalue weighted by Crippen LogP contribution is -2.01. The fourth-order valence-electron chi connectivity index (χ4n) is 3.06. The molecule has 1 heterocycles. The van der Waals surface area contributed by atoms with Gasteiger partial charge < -0.3 is 14.6 Å². The Morgan fingerprint density at radius 2 is 2.04 bits per heavy atom. The van der Waals surface area contributed by atoms with Crippen molar-refractivity contribution in [2.75, 3.05) is 20.3 Å². The van der Waals surface area contributed by atoms with E-state index < -0.39 is 0 Å². The van der Waals surface area contributed by atoms with E-state index in [1.165, 1.54) is 5.56 Å². The lowest BCUT2D eigenvalue weighted by atomic mass is 10.1. The summed E-state index contributed by atoms with van der Waals surface area (Å²) in [5.74, 6) is 1.38. The molecule has 0 unspecified atom stereocenters. The number of rotatable bonds is 7. The molecular weight excluding hydrogens is 314 g/mol. The molecule has 2 aromatic rings. The highest BCUT2D eigenvalue weighted by Gasteiger charge is 2.20. The van der Waals surface area contributed by atoms with E-state index in [0.717, 1.165) is 60.1 Å². The van der Waals surface area contributed by atoms with Gasteiger partial charge in [0, 0.05) is 23.8 Å². The second kappa shape index (κ2) is 7.37. The van der Waals surface area contributed by atoms with Gasteiger partial charge in [-0.15, -0.1) is 0 Å². The summed E-state index contributed by atoms with van der Waals surface area (Å²) in [5, 5.41) is 10.5. The van der Waals surface area contributed by atoms with Crippen molar-refractivity contribution in [3.8, 4) is 11.5 Å². The number of ether oxygens (including phenoxy) is 2. The fraction of sp³-hybridized carbons (Fsp3) is 0.500. The second-order valence-corrected chi connectivity index (χ2v) is 6.24. The Balaban J connectivity index is 1.88. The normalized spacial score (nSPS) is 13.3. The van der Waals surface area contributed by atoms with Crippen LogP contribution in [0.5, 0.6) is 11.5 Å². The third-order valence-corrected chi connectivity index (χ3v) is 4.72. The van der Waals surface area contributed by atoms with E-state index >= 15 is 0 Å². The summed E-state index contributed by atoms with van der Waals surface area (Å²) in [6.07, 6.45) is 5.77. The minimum absolute atomic E-state index is 0.229. The van der Waals surface area contributed by atoms with Gasteiger partial charge in [0.1, 0.15) is 0 Å². The quantitative estimate of drug-likeness (QED) is 0.779. The zero-order valence-corrected chi connectivity index (χ0v) is 14.2. The molecule has 4 nitrogen and oxygen atoms in total. The first-order valence-corrected chi connectivity index (χ1v) is 8.55. The van der Waals surface area contributed by atoms with Crippen LogP contribution in [0.3, 0.4) is 0 Å². The molecule has 1 aliphatic rings. The number of methoxy groups -OCH3 is 1. The number of hydrogen-bond acceptors (Lipinski definition) is 4. The Morgan fingerprint density at radius 1 is 1.17 bits per heavy atom. The average Bonchev–Trinajstić information content (AvgIpc) is 3.03. The molecular formula is C18H22ClNO3. The zero-order valence-electron chi connectivity index (χ0n) is 13.4. The van der Waals surface area contributed by atoms with Crippen LogP contribution in [0.15, 0.2) is 12.1 Å². The molecule has 0 atom stereocenters. The Labute approximate surface area is 141 Å². The summed E-state index contributed by atoms with van der Waals surface area (Å²) in [6.45, 7) is 0.827. The van der Waals surface area contributed by atoms with Crippen LogP contribution in [0.1, 0.15) is 36.9 Å². The predicted octanol–water partition coefficient (Wildman–Crippen LogP) is 3.93. The number of pyridine rings is 1. The maximum atomic E-state index is 8.80. The van der Waals surface area contributed by atoms with Crippen LogP contribution < -0.4 is 9.47 Å². The molecule has 1 N–H and O–H groups in total. The number of aryl methyl sites for hydroxylation is 1. The van der Waals surface area contributed by atoms with Crippen LogP contribution in [0.2, 0.25) is 5.02 Å². The number of fused-ring (bicyclic) bond motifs is 2. The monoisotopic (exact) mass is 335 g/mol. The van der Waals surface area contributed by atoms with Crippen LogP contribution in [-0.2, 0) is 12.8 Å². The first-order valence-electron chi connectivity index (χ1n) is 8.17. The van der Waals surface area contributed by atoms with Gasteiger partial charge in [-0.1, -0.05) is 11.6 Å².